The van der Waals surface area contributed by atoms with E-state index in [4.69, 9.17) is 4.42 Å². The van der Waals surface area contributed by atoms with Gasteiger partial charge in [-0.15, -0.1) is 10.2 Å². The van der Waals surface area contributed by atoms with Crippen molar-refractivity contribution < 1.29 is 9.21 Å². The summed E-state index contributed by atoms with van der Waals surface area (Å²) in [6, 6.07) is 11.4. The molecule has 2 N–H and O–H groups in total. The van der Waals surface area contributed by atoms with Crippen molar-refractivity contribution in [2.24, 2.45) is 0 Å². The van der Waals surface area contributed by atoms with E-state index in [1.54, 1.807) is 0 Å². The molecule has 3 aromatic rings. The van der Waals surface area contributed by atoms with Gasteiger partial charge in [0.1, 0.15) is 0 Å². The molecule has 24 heavy (non-hydrogen) atoms. The highest BCUT2D eigenvalue weighted by Crippen LogP contribution is 2.17. The van der Waals surface area contributed by atoms with Crippen LogP contribution in [0, 0.1) is 0 Å². The number of benzene rings is 1. The van der Waals surface area contributed by atoms with E-state index in [0.717, 1.165) is 17.7 Å². The fraction of sp³-hybridized carbons (Fsp3) is 0.294. The summed E-state index contributed by atoms with van der Waals surface area (Å²) in [5.74, 6) is 1.52. The first-order chi connectivity index (χ1) is 11.7. The second-order valence-electron chi connectivity index (χ2n) is 5.40. The summed E-state index contributed by atoms with van der Waals surface area (Å²) in [4.78, 5) is 11.9. The second kappa shape index (κ2) is 7.54. The smallest absolute Gasteiger partial charge is 0.247 e. The van der Waals surface area contributed by atoms with Crippen molar-refractivity contribution in [3.8, 4) is 11.5 Å². The normalized spacial score (nSPS) is 10.7. The maximum absolute atomic E-state index is 11.9. The molecule has 2 heterocycles. The Kier molecular flexibility index (Phi) is 5.00. The first-order valence-corrected chi connectivity index (χ1v) is 7.96. The van der Waals surface area contributed by atoms with E-state index in [2.05, 4.69) is 25.7 Å². The number of aromatic amines is 1. The molecule has 0 saturated carbocycles. The summed E-state index contributed by atoms with van der Waals surface area (Å²) in [6.07, 6.45) is 2.42. The number of carbonyl (C=O) groups is 1. The van der Waals surface area contributed by atoms with Gasteiger partial charge in [0, 0.05) is 30.2 Å². The van der Waals surface area contributed by atoms with Crippen molar-refractivity contribution in [1.82, 2.24) is 20.4 Å². The average Bonchev–Trinajstić information content (AvgIpc) is 3.25. The Morgan fingerprint density at radius 2 is 2.08 bits per heavy atom. The van der Waals surface area contributed by atoms with Gasteiger partial charge in [-0.3, -0.25) is 9.89 Å². The Labute approximate surface area is 139 Å². The van der Waals surface area contributed by atoms with Crippen molar-refractivity contribution >= 4 is 11.7 Å². The number of amides is 1. The minimum atomic E-state index is -0.0769. The van der Waals surface area contributed by atoms with Gasteiger partial charge < -0.3 is 9.73 Å². The molecule has 2 aromatic heterocycles. The van der Waals surface area contributed by atoms with Gasteiger partial charge in [-0.2, -0.15) is 5.10 Å². The largest absolute Gasteiger partial charge is 0.421 e. The average molecular weight is 325 g/mol. The molecule has 0 aliphatic rings. The molecule has 0 aliphatic carbocycles. The first kappa shape index (κ1) is 15.9. The molecule has 0 radical (unpaired) electrons. The number of anilines is 1. The number of aryl methyl sites for hydroxylation is 2. The zero-order valence-electron chi connectivity index (χ0n) is 13.5. The van der Waals surface area contributed by atoms with Crippen LogP contribution in [-0.4, -0.2) is 26.3 Å². The van der Waals surface area contributed by atoms with E-state index in [-0.39, 0.29) is 5.91 Å². The molecule has 0 aliphatic heterocycles. The second-order valence-corrected chi connectivity index (χ2v) is 5.40. The van der Waals surface area contributed by atoms with Crippen LogP contribution in [0.3, 0.4) is 0 Å². The summed E-state index contributed by atoms with van der Waals surface area (Å²) in [6.45, 7) is 2.02. The SMILES string of the molecule is CCc1cc(NC(=O)CCCc2nnc(-c3ccccc3)o2)n[nH]1. The maximum atomic E-state index is 11.9. The summed E-state index contributed by atoms with van der Waals surface area (Å²) < 4.78 is 5.62. The molecule has 0 atom stereocenters. The molecule has 0 bridgehead atoms. The zero-order chi connectivity index (χ0) is 16.8. The maximum Gasteiger partial charge on any atom is 0.247 e. The van der Waals surface area contributed by atoms with Gasteiger partial charge in [0.25, 0.3) is 0 Å². The van der Waals surface area contributed by atoms with Crippen LogP contribution in [0.25, 0.3) is 11.5 Å². The van der Waals surface area contributed by atoms with Crippen LogP contribution < -0.4 is 5.32 Å². The third-order valence-electron chi connectivity index (χ3n) is 3.56. The Hall–Kier alpha value is -2.96. The van der Waals surface area contributed by atoms with Crippen LogP contribution in [0.1, 0.15) is 31.4 Å². The molecule has 1 aromatic carbocycles. The minimum absolute atomic E-state index is 0.0769. The number of carbonyl (C=O) groups excluding carboxylic acids is 1. The van der Waals surface area contributed by atoms with Crippen LogP contribution in [0.15, 0.2) is 40.8 Å². The highest BCUT2D eigenvalue weighted by atomic mass is 16.4. The minimum Gasteiger partial charge on any atom is -0.421 e. The number of hydrogen-bond donors (Lipinski definition) is 2. The fourth-order valence-electron chi connectivity index (χ4n) is 2.26. The molecule has 1 amide bonds. The van der Waals surface area contributed by atoms with Gasteiger partial charge in [-0.05, 0) is 25.0 Å². The van der Waals surface area contributed by atoms with Gasteiger partial charge in [0.2, 0.25) is 17.7 Å². The molecule has 124 valence electrons. The summed E-state index contributed by atoms with van der Waals surface area (Å²) in [5, 5.41) is 17.7. The van der Waals surface area contributed by atoms with Crippen LogP contribution in [0.2, 0.25) is 0 Å². The van der Waals surface area contributed by atoms with E-state index in [1.807, 2.05) is 43.3 Å². The van der Waals surface area contributed by atoms with Gasteiger partial charge >= 0.3 is 0 Å². The monoisotopic (exact) mass is 325 g/mol. The lowest BCUT2D eigenvalue weighted by molar-refractivity contribution is -0.116. The van der Waals surface area contributed by atoms with Gasteiger partial charge in [-0.1, -0.05) is 25.1 Å². The fourth-order valence-corrected chi connectivity index (χ4v) is 2.26. The van der Waals surface area contributed by atoms with E-state index < -0.39 is 0 Å². The first-order valence-electron chi connectivity index (χ1n) is 7.96. The third-order valence-corrected chi connectivity index (χ3v) is 3.56. The van der Waals surface area contributed by atoms with Crippen LogP contribution in [-0.2, 0) is 17.6 Å². The lowest BCUT2D eigenvalue weighted by Gasteiger charge is -2.00. The summed E-state index contributed by atoms with van der Waals surface area (Å²) in [7, 11) is 0. The van der Waals surface area contributed by atoms with Gasteiger partial charge in [-0.25, -0.2) is 0 Å². The van der Waals surface area contributed by atoms with E-state index >= 15 is 0 Å². The van der Waals surface area contributed by atoms with E-state index in [0.29, 0.717) is 36.9 Å². The molecular formula is C17H19N5O2. The van der Waals surface area contributed by atoms with Crippen molar-refractivity contribution in [3.63, 3.8) is 0 Å². The highest BCUT2D eigenvalue weighted by Gasteiger charge is 2.10. The Morgan fingerprint density at radius 1 is 1.25 bits per heavy atom. The molecular weight excluding hydrogens is 306 g/mol. The lowest BCUT2D eigenvalue weighted by Crippen LogP contribution is -2.11. The van der Waals surface area contributed by atoms with Gasteiger partial charge in [0.15, 0.2) is 5.82 Å². The van der Waals surface area contributed by atoms with Gasteiger partial charge in [0.05, 0.1) is 0 Å². The Balaban J connectivity index is 1.46. The molecule has 7 heteroatoms. The molecule has 0 spiro atoms. The number of hydrogen-bond acceptors (Lipinski definition) is 5. The number of rotatable bonds is 7. The summed E-state index contributed by atoms with van der Waals surface area (Å²) >= 11 is 0. The number of nitrogens with one attached hydrogen (secondary N) is 2. The summed E-state index contributed by atoms with van der Waals surface area (Å²) in [5.41, 5.74) is 1.88. The predicted molar refractivity (Wildman–Crippen MR) is 89.3 cm³/mol. The molecule has 0 saturated heterocycles. The van der Waals surface area contributed by atoms with Crippen LogP contribution in [0.4, 0.5) is 5.82 Å². The number of aromatic nitrogens is 4. The van der Waals surface area contributed by atoms with Crippen molar-refractivity contribution in [2.75, 3.05) is 5.32 Å². The Morgan fingerprint density at radius 3 is 2.83 bits per heavy atom. The predicted octanol–water partition coefficient (Wildman–Crippen LogP) is 2.98. The highest BCUT2D eigenvalue weighted by molar-refractivity contribution is 5.89. The van der Waals surface area contributed by atoms with Crippen molar-refractivity contribution in [2.45, 2.75) is 32.6 Å². The molecule has 0 unspecified atom stereocenters. The lowest BCUT2D eigenvalue weighted by atomic mass is 10.2. The van der Waals surface area contributed by atoms with E-state index in [9.17, 15) is 4.79 Å². The molecule has 3 rings (SSSR count). The quantitative estimate of drug-likeness (QED) is 0.696. The third kappa shape index (κ3) is 4.07. The zero-order valence-corrected chi connectivity index (χ0v) is 13.5. The van der Waals surface area contributed by atoms with Crippen LogP contribution >= 0.6 is 0 Å². The topological polar surface area (TPSA) is 96.7 Å². The molecule has 7 nitrogen and oxygen atoms in total. The standard InChI is InChI=1S/C17H19N5O2/c1-2-13-11-14(20-19-13)18-15(23)9-6-10-16-21-22-17(24-16)12-7-4-3-5-8-12/h3-5,7-8,11H,2,6,9-10H2,1H3,(H2,18,19,20,23). The molecule has 0 fully saturated rings. The number of nitrogens with zero attached hydrogens (tertiary/aromatic N) is 3. The van der Waals surface area contributed by atoms with E-state index in [1.165, 1.54) is 0 Å². The van der Waals surface area contributed by atoms with Crippen molar-refractivity contribution in [1.29, 1.82) is 0 Å². The Bertz CT molecular complexity index is 794. The van der Waals surface area contributed by atoms with Crippen LogP contribution in [0.5, 0.6) is 0 Å². The number of H-pyrrole nitrogens is 1. The van der Waals surface area contributed by atoms with Crippen molar-refractivity contribution in [3.05, 3.63) is 48.0 Å².